The van der Waals surface area contributed by atoms with Crippen molar-refractivity contribution in [3.05, 3.63) is 62.8 Å². The van der Waals surface area contributed by atoms with Crippen LogP contribution in [0.15, 0.2) is 28.3 Å². The summed E-state index contributed by atoms with van der Waals surface area (Å²) in [6.07, 6.45) is 8.25. The molecule has 0 bridgehead atoms. The molecule has 1 saturated carbocycles. The Morgan fingerprint density at radius 1 is 1.18 bits per heavy atom. The molecular weight excluding hydrogens is 510 g/mol. The first-order chi connectivity index (χ1) is 18.2. The van der Waals surface area contributed by atoms with Crippen molar-refractivity contribution in [3.63, 3.8) is 0 Å². The van der Waals surface area contributed by atoms with Gasteiger partial charge in [0.05, 0.1) is 46.2 Å². The van der Waals surface area contributed by atoms with Crippen molar-refractivity contribution in [2.75, 3.05) is 5.75 Å². The quantitative estimate of drug-likeness (QED) is 0.447. The van der Waals surface area contributed by atoms with E-state index in [0.717, 1.165) is 48.2 Å². The van der Waals surface area contributed by atoms with Crippen molar-refractivity contribution in [1.29, 1.82) is 0 Å². The van der Waals surface area contributed by atoms with Crippen LogP contribution >= 0.6 is 11.8 Å². The van der Waals surface area contributed by atoms with Gasteiger partial charge in [0.1, 0.15) is 16.6 Å². The topological polar surface area (TPSA) is 93.9 Å². The van der Waals surface area contributed by atoms with Crippen LogP contribution in [0, 0.1) is 17.6 Å². The minimum absolute atomic E-state index is 0.0255. The lowest BCUT2D eigenvalue weighted by molar-refractivity contribution is -0.116. The van der Waals surface area contributed by atoms with Gasteiger partial charge in [-0.25, -0.2) is 13.8 Å². The largest absolute Gasteiger partial charge is 0.347 e. The van der Waals surface area contributed by atoms with Crippen molar-refractivity contribution < 1.29 is 18.4 Å². The molecule has 200 valence electrons. The summed E-state index contributed by atoms with van der Waals surface area (Å²) in [4.78, 5) is 45.8. The monoisotopic (exact) mass is 540 g/mol. The molecule has 0 radical (unpaired) electrons. The van der Waals surface area contributed by atoms with Crippen molar-refractivity contribution >= 4 is 34.2 Å². The van der Waals surface area contributed by atoms with Crippen LogP contribution in [0.1, 0.15) is 66.3 Å². The predicted molar refractivity (Wildman–Crippen MR) is 141 cm³/mol. The van der Waals surface area contributed by atoms with E-state index >= 15 is 0 Å². The Bertz CT molecular complexity index is 1480. The number of benzene rings is 1. The molecule has 0 saturated heterocycles. The van der Waals surface area contributed by atoms with E-state index < -0.39 is 22.8 Å². The number of Topliss-reactive ketones (excluding diaryl/α,β-unsaturated/α-hetero) is 2. The highest BCUT2D eigenvalue weighted by Gasteiger charge is 2.25. The summed E-state index contributed by atoms with van der Waals surface area (Å²) >= 11 is 1.44. The molecule has 3 aromatic rings. The van der Waals surface area contributed by atoms with E-state index in [9.17, 15) is 23.2 Å². The molecule has 1 aromatic carbocycles. The maximum atomic E-state index is 14.9. The second-order valence-corrected chi connectivity index (χ2v) is 11.3. The lowest BCUT2D eigenvalue weighted by Crippen LogP contribution is -2.33. The molecule has 7 nitrogen and oxygen atoms in total. The van der Waals surface area contributed by atoms with Gasteiger partial charge in [-0.3, -0.25) is 19.4 Å². The van der Waals surface area contributed by atoms with E-state index in [2.05, 4.69) is 15.3 Å². The summed E-state index contributed by atoms with van der Waals surface area (Å²) in [6.45, 7) is 1.87. The van der Waals surface area contributed by atoms with Gasteiger partial charge in [0.25, 0.3) is 0 Å². The maximum absolute atomic E-state index is 14.9. The Morgan fingerprint density at radius 2 is 1.95 bits per heavy atom. The number of thioether (sulfide) groups is 1. The summed E-state index contributed by atoms with van der Waals surface area (Å²) in [5, 5.41) is 4.36. The average Bonchev–Trinajstić information content (AvgIpc) is 2.89. The Hall–Kier alpha value is -2.98. The zero-order valence-electron chi connectivity index (χ0n) is 21.5. The number of carbonyl (C=O) groups is 2. The van der Waals surface area contributed by atoms with Crippen LogP contribution < -0.4 is 10.7 Å². The van der Waals surface area contributed by atoms with Crippen LogP contribution in [0.3, 0.4) is 0 Å². The molecule has 3 heterocycles. The van der Waals surface area contributed by atoms with Crippen LogP contribution in [0.2, 0.25) is 0 Å². The maximum Gasteiger partial charge on any atom is 0.200 e. The molecule has 2 aliphatic rings. The second kappa shape index (κ2) is 11.0. The summed E-state index contributed by atoms with van der Waals surface area (Å²) in [5.41, 5.74) is 1.13. The number of ketones is 2. The number of fused-ring (bicyclic) bond motifs is 2. The average molecular weight is 541 g/mol. The molecule has 38 heavy (non-hydrogen) atoms. The first-order valence-electron chi connectivity index (χ1n) is 12.9. The molecule has 1 aliphatic heterocycles. The Balaban J connectivity index is 1.21. The highest BCUT2D eigenvalue weighted by molar-refractivity contribution is 8.00. The smallest absolute Gasteiger partial charge is 0.200 e. The van der Waals surface area contributed by atoms with Gasteiger partial charge in [0.15, 0.2) is 11.6 Å². The molecule has 1 N–H and O–H groups in total. The molecule has 10 heteroatoms. The lowest BCUT2D eigenvalue weighted by Gasteiger charge is -2.29. The molecule has 1 fully saturated rings. The van der Waals surface area contributed by atoms with Crippen molar-refractivity contribution in [3.8, 4) is 0 Å². The van der Waals surface area contributed by atoms with Gasteiger partial charge in [-0.2, -0.15) is 0 Å². The first kappa shape index (κ1) is 26.6. The van der Waals surface area contributed by atoms with Gasteiger partial charge in [0, 0.05) is 37.5 Å². The van der Waals surface area contributed by atoms with E-state index in [0.29, 0.717) is 43.5 Å². The standard InChI is InChI=1S/C28H30F2N4O3S/c1-15(35)21-13-34(2)26-23(30)10-22(29)20(25(26)27(21)37)8-5-16-3-6-17(7-4-16)31-11-18-12-32-28-24(33-18)9-19(36)14-38-28/h10,12-13,16-17,31H,3-9,11,14H2,1-2H3. The van der Waals surface area contributed by atoms with Crippen LogP contribution in [-0.2, 0) is 31.2 Å². The van der Waals surface area contributed by atoms with E-state index in [-0.39, 0.29) is 27.8 Å². The normalized spacial score (nSPS) is 19.5. The van der Waals surface area contributed by atoms with Crippen LogP contribution in [0.4, 0.5) is 8.78 Å². The third kappa shape index (κ3) is 5.42. The van der Waals surface area contributed by atoms with E-state index in [4.69, 9.17) is 0 Å². The molecule has 1 aliphatic carbocycles. The van der Waals surface area contributed by atoms with Crippen LogP contribution in [0.25, 0.3) is 10.9 Å². The summed E-state index contributed by atoms with van der Waals surface area (Å²) in [5.74, 6) is -0.983. The molecule has 0 amide bonds. The number of halogens is 2. The molecular formula is C28H30F2N4O3S. The van der Waals surface area contributed by atoms with Crippen molar-refractivity contribution in [1.82, 2.24) is 19.9 Å². The van der Waals surface area contributed by atoms with Crippen molar-refractivity contribution in [2.45, 2.75) is 69.5 Å². The first-order valence-corrected chi connectivity index (χ1v) is 13.9. The summed E-state index contributed by atoms with van der Waals surface area (Å²) < 4.78 is 30.9. The van der Waals surface area contributed by atoms with Crippen molar-refractivity contribution in [2.24, 2.45) is 13.0 Å². The highest BCUT2D eigenvalue weighted by Crippen LogP contribution is 2.31. The SMILES string of the molecule is CC(=O)c1cn(C)c2c(F)cc(F)c(CCC3CCC(NCc4cnc5c(n4)CC(=O)CS5)CC3)c2c1=O. The number of nitrogens with one attached hydrogen (secondary N) is 1. The number of pyridine rings is 1. The van der Waals surface area contributed by atoms with E-state index in [1.807, 2.05) is 0 Å². The minimum atomic E-state index is -0.809. The lowest BCUT2D eigenvalue weighted by atomic mass is 9.82. The van der Waals surface area contributed by atoms with Gasteiger partial charge in [-0.15, -0.1) is 0 Å². The van der Waals surface area contributed by atoms with Crippen LogP contribution in [-0.4, -0.2) is 37.9 Å². The third-order valence-electron chi connectivity index (χ3n) is 7.64. The number of aromatic nitrogens is 3. The molecule has 5 rings (SSSR count). The van der Waals surface area contributed by atoms with Crippen LogP contribution in [0.5, 0.6) is 0 Å². The number of hydrogen-bond acceptors (Lipinski definition) is 7. The van der Waals surface area contributed by atoms with Gasteiger partial charge < -0.3 is 9.88 Å². The van der Waals surface area contributed by atoms with E-state index in [1.165, 1.54) is 29.4 Å². The van der Waals surface area contributed by atoms with Gasteiger partial charge in [-0.1, -0.05) is 11.8 Å². The molecule has 0 spiro atoms. The minimum Gasteiger partial charge on any atom is -0.347 e. The fourth-order valence-electron chi connectivity index (χ4n) is 5.60. The number of hydrogen-bond donors (Lipinski definition) is 1. The predicted octanol–water partition coefficient (Wildman–Crippen LogP) is 4.31. The number of rotatable bonds is 7. The van der Waals surface area contributed by atoms with Gasteiger partial charge >= 0.3 is 0 Å². The van der Waals surface area contributed by atoms with Gasteiger partial charge in [0.2, 0.25) is 5.43 Å². The zero-order chi connectivity index (χ0) is 27.0. The zero-order valence-corrected chi connectivity index (χ0v) is 22.3. The molecule has 0 unspecified atom stereocenters. The number of carbonyl (C=O) groups excluding carboxylic acids is 2. The fraction of sp³-hybridized carbons (Fsp3) is 0.464. The van der Waals surface area contributed by atoms with Gasteiger partial charge in [-0.05, 0) is 51.4 Å². The highest BCUT2D eigenvalue weighted by atomic mass is 32.2. The summed E-state index contributed by atoms with van der Waals surface area (Å²) in [7, 11) is 1.56. The molecule has 2 aromatic heterocycles. The van der Waals surface area contributed by atoms with E-state index in [1.54, 1.807) is 13.2 Å². The Morgan fingerprint density at radius 3 is 2.68 bits per heavy atom. The molecule has 0 atom stereocenters. The second-order valence-electron chi connectivity index (χ2n) is 10.3. The Labute approximate surface area is 223 Å². The number of nitrogens with zero attached hydrogens (tertiary/aromatic N) is 3. The third-order valence-corrected chi connectivity index (χ3v) is 8.73. The summed E-state index contributed by atoms with van der Waals surface area (Å²) in [6, 6.07) is 1.16. The number of aryl methyl sites for hydroxylation is 2. The Kier molecular flexibility index (Phi) is 7.72. The fourth-order valence-corrected chi connectivity index (χ4v) is 6.41.